The molecule has 0 radical (unpaired) electrons. The van der Waals surface area contributed by atoms with E-state index in [4.69, 9.17) is 28.9 Å². The molecule has 110 valence electrons. The van der Waals surface area contributed by atoms with Crippen molar-refractivity contribution in [1.82, 2.24) is 0 Å². The normalized spacial score (nSPS) is 10.5. The zero-order valence-electron chi connectivity index (χ0n) is 11.0. The van der Waals surface area contributed by atoms with Crippen LogP contribution in [-0.4, -0.2) is 12.5 Å². The van der Waals surface area contributed by atoms with Crippen LogP contribution >= 0.6 is 39.1 Å². The van der Waals surface area contributed by atoms with E-state index in [1.165, 1.54) is 0 Å². The highest BCUT2D eigenvalue weighted by Gasteiger charge is 2.16. The molecule has 0 aromatic heterocycles. The van der Waals surface area contributed by atoms with Crippen molar-refractivity contribution in [2.75, 3.05) is 11.9 Å². The highest BCUT2D eigenvalue weighted by molar-refractivity contribution is 9.10. The summed E-state index contributed by atoms with van der Waals surface area (Å²) in [5, 5.41) is 3.68. The molecular formula is C15H13BrCl2N2O. The number of benzene rings is 2. The minimum absolute atomic E-state index is 0.243. The van der Waals surface area contributed by atoms with Crippen LogP contribution in [0.25, 0.3) is 0 Å². The van der Waals surface area contributed by atoms with Crippen molar-refractivity contribution in [3.8, 4) is 0 Å². The van der Waals surface area contributed by atoms with Gasteiger partial charge >= 0.3 is 0 Å². The van der Waals surface area contributed by atoms with E-state index in [-0.39, 0.29) is 5.91 Å². The second kappa shape index (κ2) is 7.27. The van der Waals surface area contributed by atoms with Crippen LogP contribution in [0.5, 0.6) is 0 Å². The molecule has 0 aliphatic rings. The van der Waals surface area contributed by atoms with Crippen LogP contribution in [0, 0.1) is 0 Å². The summed E-state index contributed by atoms with van der Waals surface area (Å²) in [7, 11) is 0. The fourth-order valence-corrected chi connectivity index (χ4v) is 3.13. The second-order valence-corrected chi connectivity index (χ2v) is 5.95. The van der Waals surface area contributed by atoms with E-state index < -0.39 is 0 Å². The van der Waals surface area contributed by atoms with E-state index in [1.807, 2.05) is 6.07 Å². The van der Waals surface area contributed by atoms with Crippen molar-refractivity contribution >= 4 is 50.7 Å². The molecule has 0 saturated carbocycles. The average Bonchev–Trinajstić information content (AvgIpc) is 2.50. The van der Waals surface area contributed by atoms with Gasteiger partial charge in [-0.25, -0.2) is 0 Å². The van der Waals surface area contributed by atoms with Crippen molar-refractivity contribution in [2.45, 2.75) is 6.42 Å². The Balaban J connectivity index is 2.31. The van der Waals surface area contributed by atoms with Gasteiger partial charge in [0.2, 0.25) is 0 Å². The van der Waals surface area contributed by atoms with E-state index in [0.717, 1.165) is 5.56 Å². The molecule has 2 rings (SSSR count). The van der Waals surface area contributed by atoms with Crippen molar-refractivity contribution in [2.24, 2.45) is 5.73 Å². The van der Waals surface area contributed by atoms with Gasteiger partial charge in [-0.05, 0) is 52.7 Å². The van der Waals surface area contributed by atoms with Gasteiger partial charge < -0.3 is 11.1 Å². The van der Waals surface area contributed by atoms with E-state index in [9.17, 15) is 4.79 Å². The molecule has 0 aliphatic carbocycles. The number of halogens is 3. The lowest BCUT2D eigenvalue weighted by Gasteiger charge is -2.13. The van der Waals surface area contributed by atoms with E-state index in [0.29, 0.717) is 38.7 Å². The van der Waals surface area contributed by atoms with E-state index in [2.05, 4.69) is 21.2 Å². The molecule has 1 amide bonds. The Morgan fingerprint density at radius 1 is 1.24 bits per heavy atom. The summed E-state index contributed by atoms with van der Waals surface area (Å²) in [5.74, 6) is -0.243. The molecule has 0 heterocycles. The van der Waals surface area contributed by atoms with Crippen molar-refractivity contribution in [3.05, 3.63) is 62.0 Å². The Morgan fingerprint density at radius 2 is 1.90 bits per heavy atom. The van der Waals surface area contributed by atoms with Gasteiger partial charge in [-0.2, -0.15) is 0 Å². The van der Waals surface area contributed by atoms with Gasteiger partial charge in [0.05, 0.1) is 10.7 Å². The zero-order valence-corrected chi connectivity index (χ0v) is 14.1. The molecule has 3 nitrogen and oxygen atoms in total. The molecule has 0 spiro atoms. The van der Waals surface area contributed by atoms with Gasteiger partial charge in [0.1, 0.15) is 0 Å². The Hall–Kier alpha value is -1.07. The molecule has 3 N–H and O–H groups in total. The minimum atomic E-state index is -0.243. The third-order valence-corrected chi connectivity index (χ3v) is 4.77. The number of amides is 1. The quantitative estimate of drug-likeness (QED) is 0.758. The molecule has 0 unspecified atom stereocenters. The average molecular weight is 388 g/mol. The lowest BCUT2D eigenvalue weighted by Crippen LogP contribution is -2.13. The van der Waals surface area contributed by atoms with Crippen LogP contribution in [0.4, 0.5) is 5.69 Å². The first-order valence-corrected chi connectivity index (χ1v) is 7.82. The minimum Gasteiger partial charge on any atom is -0.330 e. The first-order valence-electron chi connectivity index (χ1n) is 6.27. The Morgan fingerprint density at radius 3 is 2.52 bits per heavy atom. The standard InChI is InChI=1S/C15H13BrCl2N2O/c16-13-10(6-7-19)11(17)8-12(14(13)18)20-15(21)9-4-2-1-3-5-9/h1-5,8H,6-7,19H2,(H,20,21). The number of nitrogens with one attached hydrogen (secondary N) is 1. The predicted octanol–water partition coefficient (Wildman–Crippen LogP) is 4.51. The zero-order chi connectivity index (χ0) is 15.4. The van der Waals surface area contributed by atoms with Crippen LogP contribution in [0.3, 0.4) is 0 Å². The highest BCUT2D eigenvalue weighted by Crippen LogP contribution is 2.38. The monoisotopic (exact) mass is 386 g/mol. The SMILES string of the molecule is NCCc1c(Cl)cc(NC(=O)c2ccccc2)c(Cl)c1Br. The van der Waals surface area contributed by atoms with Gasteiger partial charge in [-0.3, -0.25) is 4.79 Å². The number of carbonyl (C=O) groups excluding carboxylic acids is 1. The van der Waals surface area contributed by atoms with Crippen molar-refractivity contribution in [3.63, 3.8) is 0 Å². The molecule has 2 aromatic rings. The third kappa shape index (κ3) is 3.77. The second-order valence-electron chi connectivity index (χ2n) is 4.37. The fourth-order valence-electron chi connectivity index (χ4n) is 1.88. The number of hydrogen-bond acceptors (Lipinski definition) is 2. The number of hydrogen-bond donors (Lipinski definition) is 2. The topological polar surface area (TPSA) is 55.1 Å². The van der Waals surface area contributed by atoms with E-state index in [1.54, 1.807) is 30.3 Å². The van der Waals surface area contributed by atoms with Crippen molar-refractivity contribution < 1.29 is 4.79 Å². The maximum Gasteiger partial charge on any atom is 0.255 e. The molecule has 0 atom stereocenters. The summed E-state index contributed by atoms with van der Waals surface area (Å²) in [5.41, 5.74) is 7.40. The first kappa shape index (κ1) is 16.3. The van der Waals surface area contributed by atoms with Crippen LogP contribution in [-0.2, 0) is 6.42 Å². The molecule has 6 heteroatoms. The molecular weight excluding hydrogens is 375 g/mol. The van der Waals surface area contributed by atoms with Crippen molar-refractivity contribution in [1.29, 1.82) is 0 Å². The number of nitrogens with two attached hydrogens (primary N) is 1. The molecule has 0 fully saturated rings. The van der Waals surface area contributed by atoms with E-state index >= 15 is 0 Å². The summed E-state index contributed by atoms with van der Waals surface area (Å²) in [6.07, 6.45) is 0.603. The van der Waals surface area contributed by atoms with Gasteiger partial charge in [-0.15, -0.1) is 0 Å². The molecule has 0 bridgehead atoms. The Bertz CT molecular complexity index is 662. The lowest BCUT2D eigenvalue weighted by atomic mass is 10.1. The molecule has 0 aliphatic heterocycles. The number of anilines is 1. The molecule has 0 saturated heterocycles. The van der Waals surface area contributed by atoms with Crippen LogP contribution in [0.1, 0.15) is 15.9 Å². The summed E-state index contributed by atoms with van der Waals surface area (Å²) in [6, 6.07) is 10.5. The first-order chi connectivity index (χ1) is 10.0. The van der Waals surface area contributed by atoms with Gasteiger partial charge in [0, 0.05) is 15.1 Å². The number of carbonyl (C=O) groups is 1. The molecule has 2 aromatic carbocycles. The maximum absolute atomic E-state index is 12.2. The lowest BCUT2D eigenvalue weighted by molar-refractivity contribution is 0.102. The maximum atomic E-state index is 12.2. The highest BCUT2D eigenvalue weighted by atomic mass is 79.9. The van der Waals surface area contributed by atoms with Gasteiger partial charge in [0.25, 0.3) is 5.91 Å². The van der Waals surface area contributed by atoms with Crippen LogP contribution < -0.4 is 11.1 Å². The third-order valence-electron chi connectivity index (χ3n) is 2.93. The smallest absolute Gasteiger partial charge is 0.255 e. The predicted molar refractivity (Wildman–Crippen MR) is 91.3 cm³/mol. The summed E-state index contributed by atoms with van der Waals surface area (Å²) >= 11 is 15.9. The largest absolute Gasteiger partial charge is 0.330 e. The summed E-state index contributed by atoms with van der Waals surface area (Å²) < 4.78 is 0.658. The van der Waals surface area contributed by atoms with Gasteiger partial charge in [0.15, 0.2) is 0 Å². The Labute approximate surface area is 141 Å². The van der Waals surface area contributed by atoms with Crippen LogP contribution in [0.15, 0.2) is 40.9 Å². The fraction of sp³-hybridized carbons (Fsp3) is 0.133. The summed E-state index contributed by atoms with van der Waals surface area (Å²) in [6.45, 7) is 0.463. The molecule has 21 heavy (non-hydrogen) atoms. The summed E-state index contributed by atoms with van der Waals surface area (Å²) in [4.78, 5) is 12.2. The van der Waals surface area contributed by atoms with Crippen LogP contribution in [0.2, 0.25) is 10.0 Å². The number of rotatable bonds is 4. The Kier molecular flexibility index (Phi) is 5.65. The van der Waals surface area contributed by atoms with Gasteiger partial charge in [-0.1, -0.05) is 41.4 Å².